The molecule has 5 rings (SSSR count). The molecule has 2 aromatic carbocycles. The number of nitrogens with one attached hydrogen (secondary N) is 1. The van der Waals surface area contributed by atoms with Crippen LogP contribution in [-0.2, 0) is 0 Å². The Morgan fingerprint density at radius 2 is 1.69 bits per heavy atom. The molecule has 0 bridgehead atoms. The zero-order chi connectivity index (χ0) is 17.3. The van der Waals surface area contributed by atoms with E-state index in [1.54, 1.807) is 6.20 Å². The maximum atomic E-state index is 5.59. The second-order valence-electron chi connectivity index (χ2n) is 5.81. The maximum absolute atomic E-state index is 5.59. The van der Waals surface area contributed by atoms with Gasteiger partial charge in [-0.15, -0.1) is 5.10 Å². The third-order valence-corrected chi connectivity index (χ3v) is 4.24. The van der Waals surface area contributed by atoms with Crippen LogP contribution in [0.3, 0.4) is 0 Å². The first-order valence-corrected chi connectivity index (χ1v) is 8.03. The summed E-state index contributed by atoms with van der Waals surface area (Å²) in [6.45, 7) is 0. The second kappa shape index (κ2) is 5.89. The summed E-state index contributed by atoms with van der Waals surface area (Å²) in [6, 6.07) is 17.9. The largest absolute Gasteiger partial charge is 0.355 e. The zero-order valence-corrected chi connectivity index (χ0v) is 13.5. The minimum absolute atomic E-state index is 0.603. The van der Waals surface area contributed by atoms with Gasteiger partial charge >= 0.3 is 0 Å². The van der Waals surface area contributed by atoms with Crippen LogP contribution in [0.2, 0.25) is 0 Å². The number of aromatic amines is 1. The van der Waals surface area contributed by atoms with Crippen molar-refractivity contribution in [3.05, 3.63) is 67.0 Å². The molecule has 26 heavy (non-hydrogen) atoms. The van der Waals surface area contributed by atoms with Gasteiger partial charge in [-0.25, -0.2) is 5.10 Å². The number of rotatable bonds is 3. The Balaban J connectivity index is 1.57. The van der Waals surface area contributed by atoms with Gasteiger partial charge in [0.15, 0.2) is 11.6 Å². The van der Waals surface area contributed by atoms with E-state index >= 15 is 0 Å². The van der Waals surface area contributed by atoms with Gasteiger partial charge in [0.05, 0.1) is 5.39 Å². The van der Waals surface area contributed by atoms with Crippen LogP contribution in [0.5, 0.6) is 0 Å². The van der Waals surface area contributed by atoms with E-state index < -0.39 is 0 Å². The molecule has 0 spiro atoms. The van der Waals surface area contributed by atoms with Crippen molar-refractivity contribution in [3.8, 4) is 33.8 Å². The average molecular weight is 340 g/mol. The second-order valence-corrected chi connectivity index (χ2v) is 5.81. The van der Waals surface area contributed by atoms with E-state index in [0.29, 0.717) is 11.6 Å². The minimum Gasteiger partial charge on any atom is -0.355 e. The van der Waals surface area contributed by atoms with Crippen LogP contribution in [0.4, 0.5) is 0 Å². The van der Waals surface area contributed by atoms with Crippen molar-refractivity contribution < 1.29 is 4.52 Å². The van der Waals surface area contributed by atoms with Crippen LogP contribution in [0.25, 0.3) is 44.7 Å². The summed E-state index contributed by atoms with van der Waals surface area (Å²) < 4.78 is 5.59. The minimum atomic E-state index is 0.603. The van der Waals surface area contributed by atoms with Crippen molar-refractivity contribution in [1.82, 2.24) is 30.8 Å². The third-order valence-electron chi connectivity index (χ3n) is 4.24. The number of pyridine rings is 1. The Morgan fingerprint density at radius 3 is 2.46 bits per heavy atom. The summed E-state index contributed by atoms with van der Waals surface area (Å²) >= 11 is 0. The number of aromatic nitrogens is 6. The number of H-pyrrole nitrogens is 1. The summed E-state index contributed by atoms with van der Waals surface area (Å²) in [5, 5.41) is 19.0. The molecule has 0 saturated heterocycles. The fourth-order valence-corrected chi connectivity index (χ4v) is 2.93. The number of benzene rings is 2. The number of tetrazole rings is 1. The molecule has 0 aliphatic heterocycles. The highest BCUT2D eigenvalue weighted by Gasteiger charge is 2.13. The molecule has 0 atom stereocenters. The lowest BCUT2D eigenvalue weighted by atomic mass is 10.0. The van der Waals surface area contributed by atoms with Crippen molar-refractivity contribution in [1.29, 1.82) is 0 Å². The van der Waals surface area contributed by atoms with Gasteiger partial charge in [-0.1, -0.05) is 35.5 Å². The smallest absolute Gasteiger partial charge is 0.179 e. The average Bonchev–Trinajstić information content (AvgIpc) is 3.38. The fourth-order valence-electron chi connectivity index (χ4n) is 2.93. The van der Waals surface area contributed by atoms with Crippen LogP contribution in [-0.4, -0.2) is 30.8 Å². The standard InChI is InChI=1S/C19H12N6O/c1-2-15(11-20-9-1)12-3-5-13(6-4-12)18-16-10-14(19-21-24-25-22-19)7-8-17(16)23-26-18/h1-11H,(H,21,22,24,25). The van der Waals surface area contributed by atoms with Gasteiger partial charge in [0.1, 0.15) is 5.52 Å². The molecule has 0 fully saturated rings. The predicted octanol–water partition coefficient (Wildman–Crippen LogP) is 3.74. The molecular formula is C19H12N6O. The van der Waals surface area contributed by atoms with Gasteiger partial charge in [0.25, 0.3) is 0 Å². The lowest BCUT2D eigenvalue weighted by molar-refractivity contribution is 0.441. The van der Waals surface area contributed by atoms with Crippen LogP contribution >= 0.6 is 0 Å². The summed E-state index contributed by atoms with van der Waals surface area (Å²) in [7, 11) is 0. The Labute approximate surface area is 147 Å². The molecular weight excluding hydrogens is 328 g/mol. The van der Waals surface area contributed by atoms with E-state index in [9.17, 15) is 0 Å². The topological polar surface area (TPSA) is 93.4 Å². The lowest BCUT2D eigenvalue weighted by Crippen LogP contribution is -1.83. The Hall–Kier alpha value is -3.87. The normalized spacial score (nSPS) is 11.1. The first-order chi connectivity index (χ1) is 12.9. The summed E-state index contributed by atoms with van der Waals surface area (Å²) in [5.74, 6) is 1.32. The Morgan fingerprint density at radius 1 is 0.846 bits per heavy atom. The quantitative estimate of drug-likeness (QED) is 0.538. The van der Waals surface area contributed by atoms with E-state index in [-0.39, 0.29) is 0 Å². The highest BCUT2D eigenvalue weighted by molar-refractivity contribution is 5.94. The van der Waals surface area contributed by atoms with Gasteiger partial charge < -0.3 is 4.52 Å². The summed E-state index contributed by atoms with van der Waals surface area (Å²) in [5.41, 5.74) is 4.78. The van der Waals surface area contributed by atoms with Gasteiger partial charge in [-0.05, 0) is 45.8 Å². The van der Waals surface area contributed by atoms with Crippen molar-refractivity contribution in [2.75, 3.05) is 0 Å². The Bertz CT molecular complexity index is 1160. The van der Waals surface area contributed by atoms with Gasteiger partial charge in [-0.2, -0.15) is 0 Å². The van der Waals surface area contributed by atoms with Crippen LogP contribution in [0.1, 0.15) is 0 Å². The van der Waals surface area contributed by atoms with Crippen molar-refractivity contribution in [2.24, 2.45) is 0 Å². The van der Waals surface area contributed by atoms with Crippen molar-refractivity contribution in [3.63, 3.8) is 0 Å². The molecule has 0 unspecified atom stereocenters. The van der Waals surface area contributed by atoms with Crippen molar-refractivity contribution >= 4 is 10.9 Å². The third kappa shape index (κ3) is 2.42. The highest BCUT2D eigenvalue weighted by Crippen LogP contribution is 2.32. The molecule has 0 amide bonds. The number of nitrogens with zero attached hydrogens (tertiary/aromatic N) is 5. The zero-order valence-electron chi connectivity index (χ0n) is 13.5. The van der Waals surface area contributed by atoms with Crippen LogP contribution < -0.4 is 0 Å². The summed E-state index contributed by atoms with van der Waals surface area (Å²) in [4.78, 5) is 4.16. The molecule has 3 aromatic heterocycles. The molecule has 124 valence electrons. The van der Waals surface area contributed by atoms with E-state index in [1.165, 1.54) is 0 Å². The van der Waals surface area contributed by atoms with Crippen LogP contribution in [0, 0.1) is 0 Å². The first kappa shape index (κ1) is 14.5. The maximum Gasteiger partial charge on any atom is 0.179 e. The molecule has 7 nitrogen and oxygen atoms in total. The lowest BCUT2D eigenvalue weighted by Gasteiger charge is -2.03. The highest BCUT2D eigenvalue weighted by atomic mass is 16.5. The molecule has 0 radical (unpaired) electrons. The van der Waals surface area contributed by atoms with Gasteiger partial charge in [0.2, 0.25) is 0 Å². The monoisotopic (exact) mass is 340 g/mol. The molecule has 7 heteroatoms. The van der Waals surface area contributed by atoms with E-state index in [0.717, 1.165) is 33.2 Å². The molecule has 0 saturated carbocycles. The molecule has 1 N–H and O–H groups in total. The molecule has 5 aromatic rings. The molecule has 3 heterocycles. The fraction of sp³-hybridized carbons (Fsp3) is 0. The van der Waals surface area contributed by atoms with Crippen molar-refractivity contribution in [2.45, 2.75) is 0 Å². The molecule has 0 aliphatic carbocycles. The van der Waals surface area contributed by atoms with Crippen LogP contribution in [0.15, 0.2) is 71.5 Å². The first-order valence-electron chi connectivity index (χ1n) is 8.03. The molecule has 0 aliphatic rings. The number of hydrogen-bond acceptors (Lipinski definition) is 6. The predicted molar refractivity (Wildman–Crippen MR) is 95.8 cm³/mol. The number of hydrogen-bond donors (Lipinski definition) is 1. The van der Waals surface area contributed by atoms with E-state index in [4.69, 9.17) is 4.52 Å². The SMILES string of the molecule is c1cncc(-c2ccc(-c3onc4ccc(-c5nnn[nH]5)cc34)cc2)c1. The van der Waals surface area contributed by atoms with E-state index in [2.05, 4.69) is 30.8 Å². The number of fused-ring (bicyclic) bond motifs is 1. The Kier molecular flexibility index (Phi) is 3.28. The summed E-state index contributed by atoms with van der Waals surface area (Å²) in [6.07, 6.45) is 3.61. The van der Waals surface area contributed by atoms with E-state index in [1.807, 2.05) is 60.8 Å². The van der Waals surface area contributed by atoms with Gasteiger partial charge in [0, 0.05) is 23.5 Å². The van der Waals surface area contributed by atoms with Gasteiger partial charge in [-0.3, -0.25) is 4.98 Å².